The Bertz CT molecular complexity index is 506. The monoisotopic (exact) mass is 321 g/mol. The van der Waals surface area contributed by atoms with Crippen molar-refractivity contribution in [1.29, 1.82) is 0 Å². The Morgan fingerprint density at radius 2 is 1.91 bits per heavy atom. The summed E-state index contributed by atoms with van der Waals surface area (Å²) >= 11 is 0. The summed E-state index contributed by atoms with van der Waals surface area (Å²) in [4.78, 5) is 26.7. The van der Waals surface area contributed by atoms with E-state index in [0.717, 1.165) is 12.8 Å². The van der Waals surface area contributed by atoms with Gasteiger partial charge >= 0.3 is 12.1 Å². The fraction of sp³-hybridized carbons (Fsp3) is 0.667. The number of hydrogen-bond acceptors (Lipinski definition) is 4. The maximum absolute atomic E-state index is 12.6. The van der Waals surface area contributed by atoms with Crippen LogP contribution in [0.3, 0.4) is 0 Å². The molecular formula is C18H27NO4. The van der Waals surface area contributed by atoms with Crippen LogP contribution in [0, 0.1) is 11.8 Å². The number of carbonyl (C=O) groups excluding carboxylic acids is 2. The van der Waals surface area contributed by atoms with Crippen LogP contribution in [0.4, 0.5) is 4.79 Å². The fourth-order valence-electron chi connectivity index (χ4n) is 3.49. The van der Waals surface area contributed by atoms with E-state index in [2.05, 4.69) is 6.58 Å². The van der Waals surface area contributed by atoms with Gasteiger partial charge in [0, 0.05) is 0 Å². The van der Waals surface area contributed by atoms with Crippen LogP contribution in [-0.4, -0.2) is 41.3 Å². The molecule has 1 saturated heterocycles. The summed E-state index contributed by atoms with van der Waals surface area (Å²) in [5.74, 6) is -0.501. The third-order valence-electron chi connectivity index (χ3n) is 4.28. The molecule has 2 heterocycles. The molecule has 23 heavy (non-hydrogen) atoms. The van der Waals surface area contributed by atoms with E-state index in [1.165, 1.54) is 0 Å². The normalized spacial score (nSPS) is 28.8. The Morgan fingerprint density at radius 1 is 1.26 bits per heavy atom. The lowest BCUT2D eigenvalue weighted by Crippen LogP contribution is -2.42. The van der Waals surface area contributed by atoms with Gasteiger partial charge in [-0.25, -0.2) is 4.79 Å². The van der Waals surface area contributed by atoms with Crippen LogP contribution in [0.5, 0.6) is 0 Å². The molecule has 0 unspecified atom stereocenters. The highest BCUT2D eigenvalue weighted by molar-refractivity contribution is 5.79. The number of fused-ring (bicyclic) bond motifs is 2. The number of amides is 1. The minimum atomic E-state index is -0.560. The molecule has 2 rings (SSSR count). The van der Waals surface area contributed by atoms with Gasteiger partial charge in [0.2, 0.25) is 0 Å². The van der Waals surface area contributed by atoms with Gasteiger partial charge in [-0.2, -0.15) is 0 Å². The molecule has 0 aromatic carbocycles. The largest absolute Gasteiger partial charge is 0.466 e. The van der Waals surface area contributed by atoms with Crippen molar-refractivity contribution in [2.45, 2.75) is 58.2 Å². The lowest BCUT2D eigenvalue weighted by atomic mass is 9.80. The zero-order valence-corrected chi connectivity index (χ0v) is 14.5. The fourth-order valence-corrected chi connectivity index (χ4v) is 3.49. The maximum atomic E-state index is 12.6. The third kappa shape index (κ3) is 3.59. The standard InChI is InChI=1S/C18H27NO4/c1-6-8-9-12-13-10-11-14(15(12)16(20)22-7-2)19(13)17(21)23-18(3,4)5/h6,10-15H,1,7-9H2,2-5H3/t12-,13+,14-,15-/m1/s1. The van der Waals surface area contributed by atoms with Gasteiger partial charge in [0.15, 0.2) is 0 Å². The Balaban J connectivity index is 2.22. The van der Waals surface area contributed by atoms with E-state index in [1.54, 1.807) is 11.8 Å². The van der Waals surface area contributed by atoms with Gasteiger partial charge in [-0.3, -0.25) is 9.69 Å². The average Bonchev–Trinajstić information content (AvgIpc) is 2.99. The first-order valence-electron chi connectivity index (χ1n) is 8.27. The van der Waals surface area contributed by atoms with Crippen molar-refractivity contribution in [3.8, 4) is 0 Å². The van der Waals surface area contributed by atoms with Gasteiger partial charge in [-0.1, -0.05) is 18.2 Å². The van der Waals surface area contributed by atoms with E-state index in [4.69, 9.17) is 9.47 Å². The van der Waals surface area contributed by atoms with Gasteiger partial charge < -0.3 is 9.47 Å². The second-order valence-electron chi connectivity index (χ2n) is 7.06. The maximum Gasteiger partial charge on any atom is 0.411 e. The first-order valence-corrected chi connectivity index (χ1v) is 8.27. The molecular weight excluding hydrogens is 294 g/mol. The van der Waals surface area contributed by atoms with Crippen LogP contribution in [0.25, 0.3) is 0 Å². The highest BCUT2D eigenvalue weighted by Crippen LogP contribution is 2.45. The molecule has 1 amide bonds. The Hall–Kier alpha value is -1.78. The van der Waals surface area contributed by atoms with E-state index in [9.17, 15) is 9.59 Å². The molecule has 2 aliphatic heterocycles. The molecule has 0 aromatic rings. The van der Waals surface area contributed by atoms with Crippen LogP contribution in [0.1, 0.15) is 40.5 Å². The van der Waals surface area contributed by atoms with Gasteiger partial charge in [-0.15, -0.1) is 6.58 Å². The first kappa shape index (κ1) is 17.6. The molecule has 0 saturated carbocycles. The van der Waals surface area contributed by atoms with E-state index >= 15 is 0 Å². The van der Waals surface area contributed by atoms with Gasteiger partial charge in [0.1, 0.15) is 5.60 Å². The number of rotatable bonds is 5. The molecule has 0 radical (unpaired) electrons. The minimum Gasteiger partial charge on any atom is -0.466 e. The van der Waals surface area contributed by atoms with Crippen molar-refractivity contribution in [1.82, 2.24) is 4.90 Å². The Labute approximate surface area is 138 Å². The smallest absolute Gasteiger partial charge is 0.411 e. The van der Waals surface area contributed by atoms with Crippen LogP contribution in [0.2, 0.25) is 0 Å². The highest BCUT2D eigenvalue weighted by atomic mass is 16.6. The predicted molar refractivity (Wildman–Crippen MR) is 87.8 cm³/mol. The first-order chi connectivity index (χ1) is 10.8. The summed E-state index contributed by atoms with van der Waals surface area (Å²) < 4.78 is 10.8. The number of carbonyl (C=O) groups is 2. The highest BCUT2D eigenvalue weighted by Gasteiger charge is 2.56. The molecule has 5 heteroatoms. The molecule has 2 bridgehead atoms. The van der Waals surface area contributed by atoms with Gasteiger partial charge in [0.25, 0.3) is 0 Å². The Kier molecular flexibility index (Phi) is 5.17. The molecule has 0 spiro atoms. The summed E-state index contributed by atoms with van der Waals surface area (Å²) in [6, 6.07) is -0.382. The minimum absolute atomic E-state index is 0.0505. The van der Waals surface area contributed by atoms with Crippen molar-refractivity contribution in [3.05, 3.63) is 24.8 Å². The zero-order valence-electron chi connectivity index (χ0n) is 14.5. The quantitative estimate of drug-likeness (QED) is 0.576. The molecule has 2 aliphatic rings. The summed E-state index contributed by atoms with van der Waals surface area (Å²) in [6.07, 6.45) is 7.03. The van der Waals surface area contributed by atoms with E-state index < -0.39 is 5.60 Å². The average molecular weight is 321 g/mol. The molecule has 128 valence electrons. The molecule has 5 nitrogen and oxygen atoms in total. The number of nitrogens with zero attached hydrogens (tertiary/aromatic N) is 1. The van der Waals surface area contributed by atoms with Crippen LogP contribution in [0.15, 0.2) is 24.8 Å². The Morgan fingerprint density at radius 3 is 2.48 bits per heavy atom. The van der Waals surface area contributed by atoms with E-state index in [-0.39, 0.29) is 36.0 Å². The molecule has 0 aromatic heterocycles. The third-order valence-corrected chi connectivity index (χ3v) is 4.28. The lowest BCUT2D eigenvalue weighted by Gasteiger charge is -2.28. The molecule has 0 aliphatic carbocycles. The second-order valence-corrected chi connectivity index (χ2v) is 7.06. The number of ether oxygens (including phenoxy) is 2. The van der Waals surface area contributed by atoms with E-state index in [1.807, 2.05) is 39.0 Å². The van der Waals surface area contributed by atoms with Crippen molar-refractivity contribution in [3.63, 3.8) is 0 Å². The molecule has 1 fully saturated rings. The van der Waals surface area contributed by atoms with Crippen molar-refractivity contribution >= 4 is 12.1 Å². The second kappa shape index (κ2) is 6.77. The zero-order chi connectivity index (χ0) is 17.2. The summed E-state index contributed by atoms with van der Waals surface area (Å²) in [7, 11) is 0. The van der Waals surface area contributed by atoms with Gasteiger partial charge in [0.05, 0.1) is 24.6 Å². The molecule has 4 atom stereocenters. The predicted octanol–water partition coefficient (Wildman–Crippen LogP) is 3.31. The van der Waals surface area contributed by atoms with Crippen LogP contribution in [-0.2, 0) is 14.3 Å². The number of hydrogen-bond donors (Lipinski definition) is 0. The van der Waals surface area contributed by atoms with Crippen LogP contribution >= 0.6 is 0 Å². The number of allylic oxidation sites excluding steroid dienone is 1. The summed E-state index contributed by atoms with van der Waals surface area (Å²) in [6.45, 7) is 11.4. The lowest BCUT2D eigenvalue weighted by molar-refractivity contribution is -0.149. The van der Waals surface area contributed by atoms with Gasteiger partial charge in [-0.05, 0) is 46.5 Å². The molecule has 0 N–H and O–H groups in total. The summed E-state index contributed by atoms with van der Waals surface area (Å²) in [5, 5.41) is 0. The van der Waals surface area contributed by atoms with Crippen molar-refractivity contribution in [2.24, 2.45) is 11.8 Å². The topological polar surface area (TPSA) is 55.8 Å². The van der Waals surface area contributed by atoms with Crippen molar-refractivity contribution < 1.29 is 19.1 Å². The SMILES string of the molecule is C=CCC[C@H]1[C@@H](C(=O)OCC)[C@H]2C=C[C@@H]1N2C(=O)OC(C)(C)C. The van der Waals surface area contributed by atoms with Crippen molar-refractivity contribution in [2.75, 3.05) is 6.61 Å². The van der Waals surface area contributed by atoms with E-state index in [0.29, 0.717) is 6.61 Å². The summed E-state index contributed by atoms with van der Waals surface area (Å²) in [5.41, 5.74) is -0.560. The van der Waals surface area contributed by atoms with Crippen LogP contribution < -0.4 is 0 Å². The number of esters is 1.